The van der Waals surface area contributed by atoms with Crippen LogP contribution in [0.1, 0.15) is 22.8 Å². The smallest absolute Gasteiger partial charge is 0.255 e. The summed E-state index contributed by atoms with van der Waals surface area (Å²) in [7, 11) is 0. The minimum Gasteiger partial charge on any atom is -0.325 e. The molecule has 0 fully saturated rings. The molecule has 1 unspecified atom stereocenters. The van der Waals surface area contributed by atoms with Crippen LogP contribution in [-0.4, -0.2) is 17.1 Å². The predicted molar refractivity (Wildman–Crippen MR) is 121 cm³/mol. The third kappa shape index (κ3) is 5.84. The van der Waals surface area contributed by atoms with Crippen LogP contribution >= 0.6 is 23.4 Å². The Morgan fingerprint density at radius 2 is 1.67 bits per heavy atom. The molecule has 0 radical (unpaired) electrons. The quantitative estimate of drug-likeness (QED) is 0.449. The molecule has 154 valence electrons. The molecule has 2 N–H and O–H groups in total. The van der Waals surface area contributed by atoms with E-state index in [1.807, 2.05) is 25.1 Å². The molecule has 0 bridgehead atoms. The minimum absolute atomic E-state index is 0.152. The van der Waals surface area contributed by atoms with Crippen LogP contribution in [0, 0.1) is 12.7 Å². The summed E-state index contributed by atoms with van der Waals surface area (Å²) in [6.45, 7) is 3.70. The van der Waals surface area contributed by atoms with Crippen molar-refractivity contribution in [2.45, 2.75) is 24.0 Å². The number of amides is 2. The molecule has 30 heavy (non-hydrogen) atoms. The molecule has 0 aliphatic heterocycles. The van der Waals surface area contributed by atoms with E-state index >= 15 is 0 Å². The zero-order valence-corrected chi connectivity index (χ0v) is 18.0. The van der Waals surface area contributed by atoms with Crippen LogP contribution in [0.15, 0.2) is 71.6 Å². The highest BCUT2D eigenvalue weighted by molar-refractivity contribution is 8.00. The van der Waals surface area contributed by atoms with Crippen molar-refractivity contribution in [1.29, 1.82) is 0 Å². The number of halogens is 2. The Morgan fingerprint density at radius 1 is 0.967 bits per heavy atom. The number of hydrogen-bond acceptors (Lipinski definition) is 3. The fourth-order valence-corrected chi connectivity index (χ4v) is 3.73. The third-order valence-corrected chi connectivity index (χ3v) is 5.82. The number of nitrogens with one attached hydrogen (secondary N) is 2. The molecule has 0 saturated carbocycles. The van der Waals surface area contributed by atoms with E-state index in [-0.39, 0.29) is 17.1 Å². The van der Waals surface area contributed by atoms with Gasteiger partial charge in [0.15, 0.2) is 0 Å². The van der Waals surface area contributed by atoms with E-state index in [4.69, 9.17) is 11.6 Å². The number of rotatable bonds is 6. The third-order valence-electron chi connectivity index (χ3n) is 4.32. The lowest BCUT2D eigenvalue weighted by Gasteiger charge is -2.13. The number of thioether (sulfide) groups is 1. The molecule has 0 heterocycles. The molecule has 0 saturated heterocycles. The van der Waals surface area contributed by atoms with Crippen molar-refractivity contribution in [3.8, 4) is 0 Å². The molecule has 4 nitrogen and oxygen atoms in total. The monoisotopic (exact) mass is 442 g/mol. The van der Waals surface area contributed by atoms with Crippen molar-refractivity contribution in [2.24, 2.45) is 0 Å². The molecule has 0 spiro atoms. The van der Waals surface area contributed by atoms with Crippen molar-refractivity contribution in [3.63, 3.8) is 0 Å². The maximum absolute atomic E-state index is 13.0. The van der Waals surface area contributed by atoms with Gasteiger partial charge < -0.3 is 10.6 Å². The fraction of sp³-hybridized carbons (Fsp3) is 0.130. The molecular formula is C23H20ClFN2O2S. The van der Waals surface area contributed by atoms with Gasteiger partial charge in [-0.25, -0.2) is 4.39 Å². The van der Waals surface area contributed by atoms with Crippen molar-refractivity contribution in [1.82, 2.24) is 0 Å². The summed E-state index contributed by atoms with van der Waals surface area (Å²) in [5.41, 5.74) is 2.53. The van der Waals surface area contributed by atoms with Gasteiger partial charge in [0.25, 0.3) is 5.91 Å². The van der Waals surface area contributed by atoms with Gasteiger partial charge in [0, 0.05) is 26.9 Å². The summed E-state index contributed by atoms with van der Waals surface area (Å²) in [5, 5.41) is 5.87. The molecular weight excluding hydrogens is 423 g/mol. The summed E-state index contributed by atoms with van der Waals surface area (Å²) in [4.78, 5) is 25.6. The van der Waals surface area contributed by atoms with E-state index in [1.54, 1.807) is 31.2 Å². The zero-order valence-electron chi connectivity index (χ0n) is 16.4. The molecule has 2 amide bonds. The molecule has 0 aliphatic rings. The molecule has 3 aromatic carbocycles. The summed E-state index contributed by atoms with van der Waals surface area (Å²) in [5.74, 6) is -0.884. The van der Waals surface area contributed by atoms with E-state index in [0.717, 1.165) is 10.5 Å². The van der Waals surface area contributed by atoms with Crippen LogP contribution in [-0.2, 0) is 4.79 Å². The number of aryl methyl sites for hydroxylation is 1. The molecule has 0 aromatic heterocycles. The highest BCUT2D eigenvalue weighted by Crippen LogP contribution is 2.27. The highest BCUT2D eigenvalue weighted by Gasteiger charge is 2.15. The Morgan fingerprint density at radius 3 is 2.37 bits per heavy atom. The predicted octanol–water partition coefficient (Wildman–Crippen LogP) is 6.16. The SMILES string of the molecule is Cc1ccc(NC(=O)C(C)Sc2cccc(NC(=O)c3ccc(F)cc3)c2)cc1Cl. The number of carbonyl (C=O) groups excluding carboxylic acids is 2. The van der Waals surface area contributed by atoms with Crippen LogP contribution < -0.4 is 10.6 Å². The maximum atomic E-state index is 13.0. The maximum Gasteiger partial charge on any atom is 0.255 e. The van der Waals surface area contributed by atoms with Gasteiger partial charge in [0.1, 0.15) is 5.82 Å². The molecule has 1 atom stereocenters. The number of benzene rings is 3. The van der Waals surface area contributed by atoms with Crippen molar-refractivity contribution in [3.05, 3.63) is 88.7 Å². The highest BCUT2D eigenvalue weighted by atomic mass is 35.5. The average molecular weight is 443 g/mol. The van der Waals surface area contributed by atoms with Gasteiger partial charge in [-0.2, -0.15) is 0 Å². The van der Waals surface area contributed by atoms with Crippen LogP contribution in [0.5, 0.6) is 0 Å². The second-order valence-corrected chi connectivity index (χ2v) is 8.52. The lowest BCUT2D eigenvalue weighted by Crippen LogP contribution is -2.22. The first-order valence-electron chi connectivity index (χ1n) is 9.22. The largest absolute Gasteiger partial charge is 0.325 e. The van der Waals surface area contributed by atoms with Crippen molar-refractivity contribution >= 4 is 46.6 Å². The van der Waals surface area contributed by atoms with E-state index in [0.29, 0.717) is 22.0 Å². The summed E-state index contributed by atoms with van der Waals surface area (Å²) >= 11 is 7.48. The molecule has 3 rings (SSSR count). The minimum atomic E-state index is -0.398. The Hall–Kier alpha value is -2.83. The van der Waals surface area contributed by atoms with E-state index < -0.39 is 5.82 Å². The van der Waals surface area contributed by atoms with E-state index in [1.165, 1.54) is 36.0 Å². The van der Waals surface area contributed by atoms with Gasteiger partial charge in [-0.3, -0.25) is 9.59 Å². The summed E-state index contributed by atoms with van der Waals surface area (Å²) in [6, 6.07) is 17.9. The van der Waals surface area contributed by atoms with Gasteiger partial charge >= 0.3 is 0 Å². The first kappa shape index (κ1) is 21.9. The van der Waals surface area contributed by atoms with Gasteiger partial charge in [-0.15, -0.1) is 11.8 Å². The Bertz CT molecular complexity index is 1070. The van der Waals surface area contributed by atoms with Gasteiger partial charge in [-0.05, 0) is 74.0 Å². The number of anilines is 2. The second kappa shape index (κ2) is 9.78. The van der Waals surface area contributed by atoms with Crippen LogP contribution in [0.3, 0.4) is 0 Å². The fourth-order valence-electron chi connectivity index (χ4n) is 2.62. The Labute approximate surface area is 183 Å². The number of hydrogen-bond donors (Lipinski definition) is 2. The van der Waals surface area contributed by atoms with Crippen LogP contribution in [0.25, 0.3) is 0 Å². The Kier molecular flexibility index (Phi) is 7.13. The summed E-state index contributed by atoms with van der Waals surface area (Å²) < 4.78 is 13.0. The van der Waals surface area contributed by atoms with Gasteiger partial charge in [-0.1, -0.05) is 23.7 Å². The summed E-state index contributed by atoms with van der Waals surface area (Å²) in [6.07, 6.45) is 0. The van der Waals surface area contributed by atoms with Crippen LogP contribution in [0.4, 0.5) is 15.8 Å². The van der Waals surface area contributed by atoms with Gasteiger partial charge in [0.2, 0.25) is 5.91 Å². The topological polar surface area (TPSA) is 58.2 Å². The molecule has 3 aromatic rings. The lowest BCUT2D eigenvalue weighted by atomic mass is 10.2. The van der Waals surface area contributed by atoms with Crippen molar-refractivity contribution in [2.75, 3.05) is 10.6 Å². The normalized spacial score (nSPS) is 11.6. The average Bonchev–Trinajstić information content (AvgIpc) is 2.71. The first-order valence-corrected chi connectivity index (χ1v) is 10.5. The van der Waals surface area contributed by atoms with E-state index in [9.17, 15) is 14.0 Å². The van der Waals surface area contributed by atoms with Crippen molar-refractivity contribution < 1.29 is 14.0 Å². The Balaban J connectivity index is 1.62. The molecule has 0 aliphatic carbocycles. The standard InChI is InChI=1S/C23H20ClFN2O2S/c1-14-6-11-19(13-21(14)24)26-22(28)15(2)30-20-5-3-4-18(12-20)27-23(29)16-7-9-17(25)10-8-16/h3-13,15H,1-2H3,(H,26,28)(H,27,29). The van der Waals surface area contributed by atoms with E-state index in [2.05, 4.69) is 10.6 Å². The van der Waals surface area contributed by atoms with Crippen LogP contribution in [0.2, 0.25) is 5.02 Å². The second-order valence-electron chi connectivity index (χ2n) is 6.70. The number of carbonyl (C=O) groups is 2. The molecule has 7 heteroatoms. The lowest BCUT2D eigenvalue weighted by molar-refractivity contribution is -0.115. The first-order chi connectivity index (χ1) is 14.3. The zero-order chi connectivity index (χ0) is 21.7. The van der Waals surface area contributed by atoms with Gasteiger partial charge in [0.05, 0.1) is 5.25 Å².